The second-order valence-corrected chi connectivity index (χ2v) is 7.50. The first-order chi connectivity index (χ1) is 12.7. The number of amides is 1. The van der Waals surface area contributed by atoms with E-state index in [0.29, 0.717) is 5.13 Å². The third kappa shape index (κ3) is 4.80. The van der Waals surface area contributed by atoms with Crippen molar-refractivity contribution in [3.05, 3.63) is 57.6 Å². The molecular weight excluding hydrogens is 364 g/mol. The lowest BCUT2D eigenvalue weighted by Crippen LogP contribution is -2.07. The lowest BCUT2D eigenvalue weighted by atomic mass is 10.2. The van der Waals surface area contributed by atoms with Crippen LogP contribution in [0.4, 0.5) is 5.13 Å². The average molecular weight is 385 g/mol. The molecular formula is C20H20N2O2S2. The van der Waals surface area contributed by atoms with Gasteiger partial charge in [0, 0.05) is 21.9 Å². The molecule has 0 saturated heterocycles. The molecule has 4 nitrogen and oxygen atoms in total. The fourth-order valence-electron chi connectivity index (χ4n) is 2.43. The maximum atomic E-state index is 12.1. The predicted octanol–water partition coefficient (Wildman–Crippen LogP) is 5.48. The lowest BCUT2D eigenvalue weighted by molar-refractivity contribution is -0.111. The van der Waals surface area contributed by atoms with Gasteiger partial charge in [0.15, 0.2) is 5.13 Å². The molecule has 2 heterocycles. The average Bonchev–Trinajstić information content (AvgIpc) is 3.30. The summed E-state index contributed by atoms with van der Waals surface area (Å²) in [7, 11) is 1.64. The van der Waals surface area contributed by atoms with E-state index >= 15 is 0 Å². The van der Waals surface area contributed by atoms with Crippen molar-refractivity contribution in [3.63, 3.8) is 0 Å². The van der Waals surface area contributed by atoms with Crippen LogP contribution in [0.15, 0.2) is 47.2 Å². The van der Waals surface area contributed by atoms with E-state index in [9.17, 15) is 4.79 Å². The number of methoxy groups -OCH3 is 1. The summed E-state index contributed by atoms with van der Waals surface area (Å²) in [5, 5.41) is 7.47. The monoisotopic (exact) mass is 384 g/mol. The van der Waals surface area contributed by atoms with Gasteiger partial charge in [-0.3, -0.25) is 10.1 Å². The zero-order chi connectivity index (χ0) is 18.4. The number of nitrogens with one attached hydrogen (secondary N) is 1. The fraction of sp³-hybridized carbons (Fsp3) is 0.200. The van der Waals surface area contributed by atoms with Crippen molar-refractivity contribution in [2.24, 2.45) is 0 Å². The predicted molar refractivity (Wildman–Crippen MR) is 110 cm³/mol. The van der Waals surface area contributed by atoms with E-state index in [4.69, 9.17) is 4.74 Å². The standard InChI is InChI=1S/C20H20N2O2S2/c1-3-4-14-11-17(25-12-14)9-10-19(23)22-20-21-18(13-26-20)15-5-7-16(24-2)8-6-15/h5-13H,3-4H2,1-2H3,(H,21,22,23). The number of ether oxygens (including phenoxy) is 1. The summed E-state index contributed by atoms with van der Waals surface area (Å²) in [6, 6.07) is 9.81. The third-order valence-electron chi connectivity index (χ3n) is 3.73. The maximum absolute atomic E-state index is 12.1. The van der Waals surface area contributed by atoms with Gasteiger partial charge in [0.25, 0.3) is 0 Å². The minimum atomic E-state index is -0.175. The zero-order valence-corrected chi connectivity index (χ0v) is 16.3. The van der Waals surface area contributed by atoms with Gasteiger partial charge in [0.2, 0.25) is 5.91 Å². The summed E-state index contributed by atoms with van der Waals surface area (Å²) in [6.45, 7) is 2.16. The summed E-state index contributed by atoms with van der Waals surface area (Å²) in [6.07, 6.45) is 5.60. The molecule has 26 heavy (non-hydrogen) atoms. The molecule has 0 aliphatic heterocycles. The topological polar surface area (TPSA) is 51.2 Å². The van der Waals surface area contributed by atoms with Crippen LogP contribution < -0.4 is 10.1 Å². The van der Waals surface area contributed by atoms with Crippen molar-refractivity contribution in [1.29, 1.82) is 0 Å². The molecule has 3 aromatic rings. The molecule has 0 fully saturated rings. The van der Waals surface area contributed by atoms with Gasteiger partial charge < -0.3 is 4.74 Å². The molecule has 1 aromatic carbocycles. The highest BCUT2D eigenvalue weighted by Crippen LogP contribution is 2.26. The summed E-state index contributed by atoms with van der Waals surface area (Å²) in [4.78, 5) is 17.7. The van der Waals surface area contributed by atoms with Crippen molar-refractivity contribution in [2.75, 3.05) is 12.4 Å². The van der Waals surface area contributed by atoms with Crippen molar-refractivity contribution < 1.29 is 9.53 Å². The Bertz CT molecular complexity index is 895. The largest absolute Gasteiger partial charge is 0.497 e. The quantitative estimate of drug-likeness (QED) is 0.548. The minimum Gasteiger partial charge on any atom is -0.497 e. The third-order valence-corrected chi connectivity index (χ3v) is 5.44. The minimum absolute atomic E-state index is 0.175. The first-order valence-electron chi connectivity index (χ1n) is 8.34. The second kappa shape index (κ2) is 8.78. The highest BCUT2D eigenvalue weighted by molar-refractivity contribution is 7.14. The number of aromatic nitrogens is 1. The van der Waals surface area contributed by atoms with Crippen LogP contribution in [0, 0.1) is 0 Å². The molecule has 134 valence electrons. The van der Waals surface area contributed by atoms with E-state index in [-0.39, 0.29) is 5.91 Å². The Labute approximate surface area is 161 Å². The Hall–Kier alpha value is -2.44. The van der Waals surface area contributed by atoms with E-state index in [1.54, 1.807) is 24.5 Å². The highest BCUT2D eigenvalue weighted by Gasteiger charge is 2.07. The molecule has 0 bridgehead atoms. The van der Waals surface area contributed by atoms with Crippen LogP contribution in [0.2, 0.25) is 0 Å². The van der Waals surface area contributed by atoms with Crippen molar-refractivity contribution in [2.45, 2.75) is 19.8 Å². The molecule has 0 saturated carbocycles. The summed E-state index contributed by atoms with van der Waals surface area (Å²) in [5.41, 5.74) is 3.14. The molecule has 0 spiro atoms. The number of nitrogens with zero attached hydrogens (tertiary/aromatic N) is 1. The number of benzene rings is 1. The van der Waals surface area contributed by atoms with Gasteiger partial charge in [0.05, 0.1) is 12.8 Å². The van der Waals surface area contributed by atoms with Crippen molar-refractivity contribution >= 4 is 39.8 Å². The van der Waals surface area contributed by atoms with E-state index in [2.05, 4.69) is 28.7 Å². The molecule has 1 amide bonds. The van der Waals surface area contributed by atoms with Crippen LogP contribution >= 0.6 is 22.7 Å². The molecule has 0 aliphatic carbocycles. The van der Waals surface area contributed by atoms with Gasteiger partial charge >= 0.3 is 0 Å². The molecule has 0 aliphatic rings. The van der Waals surface area contributed by atoms with Crippen LogP contribution in [-0.2, 0) is 11.2 Å². The van der Waals surface area contributed by atoms with E-state index in [1.807, 2.05) is 35.7 Å². The number of carbonyl (C=O) groups excluding carboxylic acids is 1. The normalized spacial score (nSPS) is 11.0. The lowest BCUT2D eigenvalue weighted by Gasteiger charge is -2.00. The Morgan fingerprint density at radius 1 is 1.23 bits per heavy atom. The molecule has 6 heteroatoms. The van der Waals surface area contributed by atoms with E-state index < -0.39 is 0 Å². The number of thiophene rings is 1. The number of hydrogen-bond donors (Lipinski definition) is 1. The Balaban J connectivity index is 1.60. The molecule has 0 atom stereocenters. The van der Waals surface area contributed by atoms with Gasteiger partial charge in [-0.25, -0.2) is 4.98 Å². The Morgan fingerprint density at radius 2 is 2.04 bits per heavy atom. The van der Waals surface area contributed by atoms with Gasteiger partial charge in [0.1, 0.15) is 5.75 Å². The molecule has 0 radical (unpaired) electrons. The Kier molecular flexibility index (Phi) is 6.20. The maximum Gasteiger partial charge on any atom is 0.250 e. The van der Waals surface area contributed by atoms with Gasteiger partial charge in [-0.05, 0) is 53.8 Å². The van der Waals surface area contributed by atoms with Crippen LogP contribution in [0.3, 0.4) is 0 Å². The van der Waals surface area contributed by atoms with Gasteiger partial charge in [-0.1, -0.05) is 13.3 Å². The second-order valence-electron chi connectivity index (χ2n) is 5.70. The molecule has 3 rings (SSSR count). The van der Waals surface area contributed by atoms with Crippen LogP contribution in [-0.4, -0.2) is 18.0 Å². The zero-order valence-electron chi connectivity index (χ0n) is 14.7. The number of anilines is 1. The molecule has 1 N–H and O–H groups in total. The van der Waals surface area contributed by atoms with E-state index in [1.165, 1.54) is 16.9 Å². The fourth-order valence-corrected chi connectivity index (χ4v) is 3.99. The van der Waals surface area contributed by atoms with Gasteiger partial charge in [-0.2, -0.15) is 0 Å². The summed E-state index contributed by atoms with van der Waals surface area (Å²) >= 11 is 3.06. The first kappa shape index (κ1) is 18.4. The molecule has 2 aromatic heterocycles. The number of carbonyl (C=O) groups is 1. The number of aryl methyl sites for hydroxylation is 1. The SMILES string of the molecule is CCCc1csc(C=CC(=O)Nc2nc(-c3ccc(OC)cc3)cs2)c1. The summed E-state index contributed by atoms with van der Waals surface area (Å²) < 4.78 is 5.16. The smallest absolute Gasteiger partial charge is 0.250 e. The van der Waals surface area contributed by atoms with Gasteiger partial charge in [-0.15, -0.1) is 22.7 Å². The number of hydrogen-bond acceptors (Lipinski definition) is 5. The summed E-state index contributed by atoms with van der Waals surface area (Å²) in [5.74, 6) is 0.629. The van der Waals surface area contributed by atoms with Crippen molar-refractivity contribution in [1.82, 2.24) is 4.98 Å². The van der Waals surface area contributed by atoms with E-state index in [0.717, 1.165) is 34.7 Å². The number of rotatable bonds is 7. The van der Waals surface area contributed by atoms with Crippen molar-refractivity contribution in [3.8, 4) is 17.0 Å². The van der Waals surface area contributed by atoms with Crippen LogP contribution in [0.5, 0.6) is 5.75 Å². The highest BCUT2D eigenvalue weighted by atomic mass is 32.1. The number of thiazole rings is 1. The van der Waals surface area contributed by atoms with Crippen LogP contribution in [0.25, 0.3) is 17.3 Å². The Morgan fingerprint density at radius 3 is 2.77 bits per heavy atom. The molecule has 0 unspecified atom stereocenters. The first-order valence-corrected chi connectivity index (χ1v) is 10.1. The van der Waals surface area contributed by atoms with Crippen LogP contribution in [0.1, 0.15) is 23.8 Å².